The van der Waals surface area contributed by atoms with Crippen molar-refractivity contribution in [1.29, 1.82) is 0 Å². The molecule has 0 aliphatic heterocycles. The topological polar surface area (TPSA) is 50.9 Å². The van der Waals surface area contributed by atoms with E-state index in [1.807, 2.05) is 12.1 Å². The molecule has 0 saturated heterocycles. The van der Waals surface area contributed by atoms with E-state index in [9.17, 15) is 0 Å². The number of nitrogens with one attached hydrogen (secondary N) is 1. The van der Waals surface area contributed by atoms with Crippen molar-refractivity contribution in [3.63, 3.8) is 0 Å². The summed E-state index contributed by atoms with van der Waals surface area (Å²) in [5.74, 6) is 5.60. The van der Waals surface area contributed by atoms with Gasteiger partial charge >= 0.3 is 0 Å². The van der Waals surface area contributed by atoms with Gasteiger partial charge < -0.3 is 0 Å². The number of hydrazine groups is 1. The van der Waals surface area contributed by atoms with Crippen LogP contribution in [0.1, 0.15) is 17.2 Å². The predicted molar refractivity (Wildman–Crippen MR) is 75.0 cm³/mol. The van der Waals surface area contributed by atoms with E-state index in [1.54, 1.807) is 23.7 Å². The zero-order chi connectivity index (χ0) is 11.4. The second kappa shape index (κ2) is 5.72. The molecular formula is C11H12IN3S. The molecule has 1 atom stereocenters. The molecule has 0 bridgehead atoms. The maximum atomic E-state index is 5.60. The van der Waals surface area contributed by atoms with Crippen LogP contribution in [0.4, 0.5) is 0 Å². The van der Waals surface area contributed by atoms with E-state index >= 15 is 0 Å². The van der Waals surface area contributed by atoms with Gasteiger partial charge in [0.2, 0.25) is 0 Å². The fraction of sp³-hybridized carbons (Fsp3) is 0.182. The summed E-state index contributed by atoms with van der Waals surface area (Å²) in [4.78, 5) is 4.00. The first-order valence-electron chi connectivity index (χ1n) is 4.88. The summed E-state index contributed by atoms with van der Waals surface area (Å²) in [5, 5.41) is 2.15. The number of thiophene rings is 1. The molecule has 2 aromatic heterocycles. The Kier molecular flexibility index (Phi) is 4.28. The molecule has 16 heavy (non-hydrogen) atoms. The molecule has 3 N–H and O–H groups in total. The van der Waals surface area contributed by atoms with Crippen molar-refractivity contribution >= 4 is 33.9 Å². The van der Waals surface area contributed by atoms with Gasteiger partial charge in [-0.3, -0.25) is 16.3 Å². The quantitative estimate of drug-likeness (QED) is 0.509. The number of halogens is 1. The van der Waals surface area contributed by atoms with Gasteiger partial charge in [0, 0.05) is 12.4 Å². The third kappa shape index (κ3) is 3.00. The highest BCUT2D eigenvalue weighted by molar-refractivity contribution is 14.1. The molecule has 3 nitrogen and oxygen atoms in total. The van der Waals surface area contributed by atoms with Crippen molar-refractivity contribution in [3.8, 4) is 0 Å². The highest BCUT2D eigenvalue weighted by atomic mass is 127. The highest BCUT2D eigenvalue weighted by Gasteiger charge is 2.11. The lowest BCUT2D eigenvalue weighted by molar-refractivity contribution is 0.553. The number of hydrogen-bond donors (Lipinski definition) is 2. The average Bonchev–Trinajstić information content (AvgIpc) is 2.74. The molecular weight excluding hydrogens is 333 g/mol. The van der Waals surface area contributed by atoms with Gasteiger partial charge in [0.05, 0.1) is 8.93 Å². The lowest BCUT2D eigenvalue weighted by Crippen LogP contribution is -2.29. The number of nitrogens with two attached hydrogens (primary N) is 1. The van der Waals surface area contributed by atoms with Gasteiger partial charge in [-0.2, -0.15) is 0 Å². The molecule has 0 spiro atoms. The number of aromatic nitrogens is 1. The van der Waals surface area contributed by atoms with Crippen LogP contribution >= 0.6 is 33.9 Å². The predicted octanol–water partition coefficient (Wildman–Crippen LogP) is 2.49. The smallest absolute Gasteiger partial charge is 0.0656 e. The summed E-state index contributed by atoms with van der Waals surface area (Å²) in [6.45, 7) is 0. The second-order valence-electron chi connectivity index (χ2n) is 3.46. The maximum Gasteiger partial charge on any atom is 0.0656 e. The Labute approximate surface area is 112 Å². The number of rotatable bonds is 4. The minimum absolute atomic E-state index is 0.169. The molecule has 0 fully saturated rings. The molecule has 0 aliphatic carbocycles. The lowest BCUT2D eigenvalue weighted by Gasteiger charge is -2.14. The average molecular weight is 345 g/mol. The van der Waals surface area contributed by atoms with Crippen LogP contribution in [0, 0.1) is 2.88 Å². The first kappa shape index (κ1) is 12.0. The number of nitrogens with zero attached hydrogens (tertiary/aromatic N) is 1. The van der Waals surface area contributed by atoms with Gasteiger partial charge in [-0.1, -0.05) is 0 Å². The highest BCUT2D eigenvalue weighted by Crippen LogP contribution is 2.24. The van der Waals surface area contributed by atoms with Crippen LogP contribution < -0.4 is 11.3 Å². The largest absolute Gasteiger partial charge is 0.271 e. The van der Waals surface area contributed by atoms with Crippen LogP contribution in [0.25, 0.3) is 0 Å². The van der Waals surface area contributed by atoms with Crippen molar-refractivity contribution < 1.29 is 0 Å². The van der Waals surface area contributed by atoms with Gasteiger partial charge in [-0.15, -0.1) is 11.3 Å². The first-order valence-corrected chi connectivity index (χ1v) is 6.84. The molecule has 2 heterocycles. The second-order valence-corrected chi connectivity index (χ2v) is 6.27. The molecule has 0 aliphatic rings. The SMILES string of the molecule is NNC(Cc1ccncc1)c1csc(I)c1. The van der Waals surface area contributed by atoms with Crippen LogP contribution in [0.5, 0.6) is 0 Å². The fourth-order valence-electron chi connectivity index (χ4n) is 1.53. The number of hydrogen-bond acceptors (Lipinski definition) is 4. The minimum Gasteiger partial charge on any atom is -0.271 e. The van der Waals surface area contributed by atoms with Crippen molar-refractivity contribution in [3.05, 3.63) is 50.0 Å². The molecule has 0 radical (unpaired) electrons. The van der Waals surface area contributed by atoms with E-state index in [4.69, 9.17) is 5.84 Å². The van der Waals surface area contributed by atoms with Crippen LogP contribution in [0.2, 0.25) is 0 Å². The molecule has 2 aromatic rings. The molecule has 5 heteroatoms. The molecule has 1 unspecified atom stereocenters. The van der Waals surface area contributed by atoms with E-state index in [2.05, 4.69) is 44.4 Å². The minimum atomic E-state index is 0.169. The molecule has 84 valence electrons. The third-order valence-electron chi connectivity index (χ3n) is 2.38. The van der Waals surface area contributed by atoms with Crippen molar-refractivity contribution in [2.24, 2.45) is 5.84 Å². The van der Waals surface area contributed by atoms with Crippen LogP contribution in [0.15, 0.2) is 36.0 Å². The summed E-state index contributed by atoms with van der Waals surface area (Å²) < 4.78 is 1.28. The van der Waals surface area contributed by atoms with Crippen LogP contribution in [-0.2, 0) is 6.42 Å². The molecule has 2 rings (SSSR count). The van der Waals surface area contributed by atoms with Crippen molar-refractivity contribution in [2.75, 3.05) is 0 Å². The summed E-state index contributed by atoms with van der Waals surface area (Å²) in [6, 6.07) is 6.36. The Hall–Kier alpha value is -0.500. The molecule has 0 aromatic carbocycles. The zero-order valence-electron chi connectivity index (χ0n) is 8.56. The van der Waals surface area contributed by atoms with E-state index in [0.29, 0.717) is 0 Å². The summed E-state index contributed by atoms with van der Waals surface area (Å²) >= 11 is 4.06. The van der Waals surface area contributed by atoms with Gasteiger partial charge in [0.15, 0.2) is 0 Å². The van der Waals surface area contributed by atoms with Crippen molar-refractivity contribution in [2.45, 2.75) is 12.5 Å². The number of pyridine rings is 1. The van der Waals surface area contributed by atoms with Gasteiger partial charge in [0.1, 0.15) is 0 Å². The normalized spacial score (nSPS) is 12.6. The summed E-state index contributed by atoms with van der Waals surface area (Å²) in [7, 11) is 0. The third-order valence-corrected chi connectivity index (χ3v) is 4.19. The summed E-state index contributed by atoms with van der Waals surface area (Å²) in [5.41, 5.74) is 5.34. The standard InChI is InChI=1S/C11H12IN3S/c12-11-6-9(7-16-11)10(15-13)5-8-1-3-14-4-2-8/h1-4,6-7,10,15H,5,13H2. The van der Waals surface area contributed by atoms with E-state index in [0.717, 1.165) is 6.42 Å². The van der Waals surface area contributed by atoms with Gasteiger partial charge in [-0.25, -0.2) is 0 Å². The Morgan fingerprint density at radius 3 is 2.75 bits per heavy atom. The van der Waals surface area contributed by atoms with Crippen LogP contribution in [0.3, 0.4) is 0 Å². The van der Waals surface area contributed by atoms with Gasteiger partial charge in [0.25, 0.3) is 0 Å². The summed E-state index contributed by atoms with van der Waals surface area (Å²) in [6.07, 6.45) is 4.49. The Balaban J connectivity index is 2.12. The monoisotopic (exact) mass is 345 g/mol. The zero-order valence-corrected chi connectivity index (χ0v) is 11.5. The van der Waals surface area contributed by atoms with Crippen molar-refractivity contribution in [1.82, 2.24) is 10.4 Å². The fourth-order valence-corrected chi connectivity index (χ4v) is 2.96. The lowest BCUT2D eigenvalue weighted by atomic mass is 10.0. The molecule has 0 saturated carbocycles. The van der Waals surface area contributed by atoms with Gasteiger partial charge in [-0.05, 0) is 63.7 Å². The maximum absolute atomic E-state index is 5.60. The van der Waals surface area contributed by atoms with E-state index < -0.39 is 0 Å². The van der Waals surface area contributed by atoms with Crippen LogP contribution in [-0.4, -0.2) is 4.98 Å². The Morgan fingerprint density at radius 2 is 2.19 bits per heavy atom. The first-order chi connectivity index (χ1) is 7.79. The Bertz CT molecular complexity index is 444. The van der Waals surface area contributed by atoms with E-state index in [-0.39, 0.29) is 6.04 Å². The van der Waals surface area contributed by atoms with E-state index in [1.165, 1.54) is 14.0 Å². The molecule has 0 amide bonds. The Morgan fingerprint density at radius 1 is 1.44 bits per heavy atom.